The minimum Gasteiger partial charge on any atom is -0.383 e. The normalized spacial score (nSPS) is 14.9. The van der Waals surface area contributed by atoms with Crippen molar-refractivity contribution in [3.63, 3.8) is 0 Å². The lowest BCUT2D eigenvalue weighted by molar-refractivity contribution is -0.384. The van der Waals surface area contributed by atoms with Gasteiger partial charge in [-0.3, -0.25) is 15.0 Å². The van der Waals surface area contributed by atoms with E-state index < -0.39 is 0 Å². The van der Waals surface area contributed by atoms with Crippen molar-refractivity contribution >= 4 is 11.4 Å². The van der Waals surface area contributed by atoms with Crippen LogP contribution in [0, 0.1) is 10.1 Å². The van der Waals surface area contributed by atoms with Gasteiger partial charge in [-0.2, -0.15) is 0 Å². The molecule has 0 bridgehead atoms. The quantitative estimate of drug-likeness (QED) is 0.679. The third-order valence-electron chi connectivity index (χ3n) is 3.53. The second kappa shape index (κ2) is 11.8. The fourth-order valence-corrected chi connectivity index (χ4v) is 2.30. The minimum atomic E-state index is -0.334. The second-order valence-electron chi connectivity index (χ2n) is 4.94. The van der Waals surface area contributed by atoms with E-state index in [-0.39, 0.29) is 10.6 Å². The summed E-state index contributed by atoms with van der Waals surface area (Å²) in [7, 11) is 3.81. The van der Waals surface area contributed by atoms with Gasteiger partial charge < -0.3 is 10.2 Å². The van der Waals surface area contributed by atoms with Crippen LogP contribution in [-0.2, 0) is 6.54 Å². The molecule has 6 heteroatoms. The predicted molar refractivity (Wildman–Crippen MR) is 98.1 cm³/mol. The van der Waals surface area contributed by atoms with Crippen LogP contribution in [0.1, 0.15) is 33.3 Å². The van der Waals surface area contributed by atoms with E-state index in [1.165, 1.54) is 0 Å². The minimum absolute atomic E-state index is 0.147. The molecule has 0 aliphatic carbocycles. The molecule has 0 spiro atoms. The van der Waals surface area contributed by atoms with E-state index in [2.05, 4.69) is 22.2 Å². The Morgan fingerprint density at radius 3 is 2.17 bits per heavy atom. The number of benzene rings is 1. The molecule has 132 valence electrons. The highest BCUT2D eigenvalue weighted by Gasteiger charge is 2.17. The molecule has 0 unspecified atom stereocenters. The fourth-order valence-electron chi connectivity index (χ4n) is 2.30. The van der Waals surface area contributed by atoms with Crippen LogP contribution in [0.15, 0.2) is 18.2 Å². The topological polar surface area (TPSA) is 61.6 Å². The maximum Gasteiger partial charge on any atom is 0.292 e. The molecule has 0 aromatic heterocycles. The standard InChI is InChI=1S/C13H20N4O2.2C2H6/c1-14-12-4-3-11(9-13(12)17(18)19)10-16-7-5-15(2)6-8-16;2*1-2/h3-4,9,14H,5-8,10H2,1-2H3;2*1-2H3. The zero-order chi connectivity index (χ0) is 17.8. The molecule has 1 heterocycles. The first kappa shape index (κ1) is 21.3. The maximum absolute atomic E-state index is 11.0. The summed E-state index contributed by atoms with van der Waals surface area (Å²) in [6.07, 6.45) is 0. The summed E-state index contributed by atoms with van der Waals surface area (Å²) in [5.41, 5.74) is 1.71. The largest absolute Gasteiger partial charge is 0.383 e. The van der Waals surface area contributed by atoms with Crippen molar-refractivity contribution in [1.82, 2.24) is 9.80 Å². The lowest BCUT2D eigenvalue weighted by Gasteiger charge is -2.32. The molecular formula is C17H32N4O2. The summed E-state index contributed by atoms with van der Waals surface area (Å²) in [5, 5.41) is 13.9. The molecule has 1 aromatic rings. The molecule has 1 saturated heterocycles. The Balaban J connectivity index is 0.00000112. The Kier molecular flexibility index (Phi) is 11.0. The highest BCUT2D eigenvalue weighted by atomic mass is 16.6. The number of rotatable bonds is 4. The number of nitrogens with zero attached hydrogens (tertiary/aromatic N) is 3. The number of piperazine rings is 1. The van der Waals surface area contributed by atoms with Crippen LogP contribution in [-0.4, -0.2) is 55.0 Å². The van der Waals surface area contributed by atoms with Gasteiger partial charge in [-0.05, 0) is 18.7 Å². The first-order valence-electron chi connectivity index (χ1n) is 8.46. The number of hydrogen-bond acceptors (Lipinski definition) is 5. The Hall–Kier alpha value is -1.66. The van der Waals surface area contributed by atoms with E-state index in [0.29, 0.717) is 5.69 Å². The van der Waals surface area contributed by atoms with Crippen LogP contribution in [0.3, 0.4) is 0 Å². The number of nitro groups is 1. The van der Waals surface area contributed by atoms with Crippen LogP contribution in [0.25, 0.3) is 0 Å². The second-order valence-corrected chi connectivity index (χ2v) is 4.94. The Bertz CT molecular complexity index is 458. The smallest absolute Gasteiger partial charge is 0.292 e. The molecule has 23 heavy (non-hydrogen) atoms. The number of nitrogens with one attached hydrogen (secondary N) is 1. The highest BCUT2D eigenvalue weighted by Crippen LogP contribution is 2.25. The molecule has 2 rings (SSSR count). The zero-order valence-corrected chi connectivity index (χ0v) is 15.4. The van der Waals surface area contributed by atoms with Crippen molar-refractivity contribution in [1.29, 1.82) is 0 Å². The summed E-state index contributed by atoms with van der Waals surface area (Å²) in [6, 6.07) is 5.41. The van der Waals surface area contributed by atoms with Crippen LogP contribution in [0.4, 0.5) is 11.4 Å². The monoisotopic (exact) mass is 324 g/mol. The summed E-state index contributed by atoms with van der Waals surface area (Å²) >= 11 is 0. The van der Waals surface area contributed by atoms with E-state index in [1.54, 1.807) is 19.2 Å². The van der Waals surface area contributed by atoms with Crippen molar-refractivity contribution in [2.75, 3.05) is 45.6 Å². The van der Waals surface area contributed by atoms with Gasteiger partial charge in [0, 0.05) is 45.8 Å². The molecule has 0 atom stereocenters. The summed E-state index contributed by atoms with van der Waals surface area (Å²) in [6.45, 7) is 12.9. The van der Waals surface area contributed by atoms with Crippen molar-refractivity contribution in [3.05, 3.63) is 33.9 Å². The zero-order valence-electron chi connectivity index (χ0n) is 15.4. The summed E-state index contributed by atoms with van der Waals surface area (Å²) in [4.78, 5) is 15.3. The molecule has 6 nitrogen and oxygen atoms in total. The number of anilines is 1. The third kappa shape index (κ3) is 6.97. The van der Waals surface area contributed by atoms with E-state index in [4.69, 9.17) is 0 Å². The van der Waals surface area contributed by atoms with Crippen LogP contribution in [0.5, 0.6) is 0 Å². The SMILES string of the molecule is CC.CC.CNc1ccc(CN2CCN(C)CC2)cc1[N+](=O)[O-]. The van der Waals surface area contributed by atoms with E-state index in [1.807, 2.05) is 33.8 Å². The molecule has 0 radical (unpaired) electrons. The van der Waals surface area contributed by atoms with Gasteiger partial charge in [0.1, 0.15) is 5.69 Å². The maximum atomic E-state index is 11.0. The average Bonchev–Trinajstić information content (AvgIpc) is 2.60. The molecular weight excluding hydrogens is 292 g/mol. The van der Waals surface area contributed by atoms with Crippen molar-refractivity contribution < 1.29 is 4.92 Å². The van der Waals surface area contributed by atoms with Crippen LogP contribution >= 0.6 is 0 Å². The van der Waals surface area contributed by atoms with Crippen molar-refractivity contribution in [2.24, 2.45) is 0 Å². The van der Waals surface area contributed by atoms with Crippen molar-refractivity contribution in [2.45, 2.75) is 34.2 Å². The third-order valence-corrected chi connectivity index (χ3v) is 3.53. The average molecular weight is 324 g/mol. The first-order chi connectivity index (χ1) is 11.1. The molecule has 1 aliphatic heterocycles. The summed E-state index contributed by atoms with van der Waals surface area (Å²) < 4.78 is 0. The molecule has 1 aromatic carbocycles. The van der Waals surface area contributed by atoms with E-state index in [9.17, 15) is 10.1 Å². The fraction of sp³-hybridized carbons (Fsp3) is 0.647. The molecule has 0 amide bonds. The van der Waals surface area contributed by atoms with E-state index in [0.717, 1.165) is 38.3 Å². The van der Waals surface area contributed by atoms with Crippen LogP contribution < -0.4 is 5.32 Å². The molecule has 1 N–H and O–H groups in total. The number of likely N-dealkylation sites (N-methyl/N-ethyl adjacent to an activating group) is 1. The Labute approximate surface area is 140 Å². The first-order valence-corrected chi connectivity index (χ1v) is 8.46. The van der Waals surface area contributed by atoms with Gasteiger partial charge in [-0.15, -0.1) is 0 Å². The summed E-state index contributed by atoms with van der Waals surface area (Å²) in [5.74, 6) is 0. The number of nitro benzene ring substituents is 1. The van der Waals surface area contributed by atoms with Gasteiger partial charge in [0.2, 0.25) is 0 Å². The molecule has 1 aliphatic rings. The predicted octanol–water partition coefficient (Wildman–Crippen LogP) is 3.44. The van der Waals surface area contributed by atoms with E-state index >= 15 is 0 Å². The number of hydrogen-bond donors (Lipinski definition) is 1. The van der Waals surface area contributed by atoms with Gasteiger partial charge in [0.05, 0.1) is 4.92 Å². The van der Waals surface area contributed by atoms with Gasteiger partial charge in [0.25, 0.3) is 5.69 Å². The highest BCUT2D eigenvalue weighted by molar-refractivity contribution is 5.62. The Morgan fingerprint density at radius 1 is 1.13 bits per heavy atom. The van der Waals surface area contributed by atoms with Crippen molar-refractivity contribution in [3.8, 4) is 0 Å². The lowest BCUT2D eigenvalue weighted by Crippen LogP contribution is -2.43. The van der Waals surface area contributed by atoms with Crippen LogP contribution in [0.2, 0.25) is 0 Å². The van der Waals surface area contributed by atoms with Gasteiger partial charge in [0.15, 0.2) is 0 Å². The molecule has 1 fully saturated rings. The van der Waals surface area contributed by atoms with Gasteiger partial charge in [-0.25, -0.2) is 0 Å². The van der Waals surface area contributed by atoms with Gasteiger partial charge >= 0.3 is 0 Å². The Morgan fingerprint density at radius 2 is 1.70 bits per heavy atom. The lowest BCUT2D eigenvalue weighted by atomic mass is 10.1. The van der Waals surface area contributed by atoms with Gasteiger partial charge in [-0.1, -0.05) is 33.8 Å². The molecule has 0 saturated carbocycles.